The van der Waals surface area contributed by atoms with Crippen LogP contribution in [0.25, 0.3) is 22.6 Å². The molecule has 27 heavy (non-hydrogen) atoms. The van der Waals surface area contributed by atoms with Crippen molar-refractivity contribution >= 4 is 11.2 Å². The third-order valence-electron chi connectivity index (χ3n) is 4.12. The average Bonchev–Trinajstić information content (AvgIpc) is 3.01. The van der Waals surface area contributed by atoms with Crippen LogP contribution in [-0.2, 0) is 11.3 Å². The van der Waals surface area contributed by atoms with Crippen molar-refractivity contribution in [3.63, 3.8) is 0 Å². The molecule has 1 aliphatic carbocycles. The fraction of sp³-hybridized carbons (Fsp3) is 0.158. The molecule has 0 aromatic carbocycles. The predicted octanol–water partition coefficient (Wildman–Crippen LogP) is 2.82. The minimum Gasteiger partial charge on any atom is -0.496 e. The minimum atomic E-state index is -0.475. The van der Waals surface area contributed by atoms with E-state index < -0.39 is 5.82 Å². The van der Waals surface area contributed by atoms with Crippen LogP contribution in [0.3, 0.4) is 0 Å². The van der Waals surface area contributed by atoms with E-state index in [1.807, 2.05) is 0 Å². The van der Waals surface area contributed by atoms with Crippen molar-refractivity contribution in [2.75, 3.05) is 7.11 Å². The molecule has 4 rings (SSSR count). The fourth-order valence-corrected chi connectivity index (χ4v) is 2.91. The zero-order valence-electron chi connectivity index (χ0n) is 14.6. The molecule has 3 heterocycles. The maximum absolute atomic E-state index is 13.7. The van der Waals surface area contributed by atoms with Crippen molar-refractivity contribution in [3.8, 4) is 17.4 Å². The van der Waals surface area contributed by atoms with Crippen LogP contribution in [0.4, 0.5) is 4.39 Å². The molecule has 0 saturated carbocycles. The molecule has 1 N–H and O–H groups in total. The topological polar surface area (TPSA) is 86.0 Å². The number of imidazole rings is 1. The first-order chi connectivity index (χ1) is 13.1. The van der Waals surface area contributed by atoms with E-state index in [4.69, 9.17) is 4.74 Å². The van der Waals surface area contributed by atoms with Gasteiger partial charge in [-0.25, -0.2) is 9.37 Å². The smallest absolute Gasteiger partial charge is 0.316 e. The Bertz CT molecular complexity index is 1200. The second-order valence-corrected chi connectivity index (χ2v) is 5.87. The number of hydrogen-bond acceptors (Lipinski definition) is 6. The van der Waals surface area contributed by atoms with E-state index in [9.17, 15) is 9.50 Å². The lowest BCUT2D eigenvalue weighted by Crippen LogP contribution is -2.07. The van der Waals surface area contributed by atoms with Crippen LogP contribution < -0.4 is 0 Å². The molecule has 8 heteroatoms. The number of methoxy groups -OCH3 is 1. The van der Waals surface area contributed by atoms with Gasteiger partial charge in [-0.2, -0.15) is 9.97 Å². The van der Waals surface area contributed by atoms with Gasteiger partial charge in [0.15, 0.2) is 5.65 Å². The standard InChI is InChI=1S/C19H14FN5O2/c1-11-16-18(24-19(26)22-11)25(10-12-5-3-4-6-15(12)27-2)17(23-16)13-7-14(20)9-21-8-13/h5-9H,10H2,1-2H3,(H,22,24,26). The number of ether oxygens (including phenoxy) is 1. The van der Waals surface area contributed by atoms with Crippen LogP contribution in [0.5, 0.6) is 6.01 Å². The lowest BCUT2D eigenvalue weighted by atomic mass is 10.1. The van der Waals surface area contributed by atoms with Crippen molar-refractivity contribution in [2.24, 2.45) is 0 Å². The number of rotatable bonds is 4. The molecule has 1 aliphatic rings. The highest BCUT2D eigenvalue weighted by atomic mass is 19.1. The molecule has 0 fully saturated rings. The molecule has 7 nitrogen and oxygen atoms in total. The second kappa shape index (κ2) is 6.53. The van der Waals surface area contributed by atoms with Crippen LogP contribution in [0.2, 0.25) is 0 Å². The Morgan fingerprint density at radius 2 is 2.00 bits per heavy atom. The summed E-state index contributed by atoms with van der Waals surface area (Å²) in [5.74, 6) is 0.598. The Balaban J connectivity index is 1.97. The highest BCUT2D eigenvalue weighted by Gasteiger charge is 2.19. The monoisotopic (exact) mass is 363 g/mol. The Morgan fingerprint density at radius 1 is 1.19 bits per heavy atom. The van der Waals surface area contributed by atoms with Gasteiger partial charge in [-0.3, -0.25) is 4.98 Å². The van der Waals surface area contributed by atoms with Crippen LogP contribution in [0.15, 0.2) is 53.4 Å². The van der Waals surface area contributed by atoms with Crippen molar-refractivity contribution in [2.45, 2.75) is 13.5 Å². The Morgan fingerprint density at radius 3 is 2.78 bits per heavy atom. The predicted molar refractivity (Wildman–Crippen MR) is 95.1 cm³/mol. The van der Waals surface area contributed by atoms with Gasteiger partial charge in [0.2, 0.25) is 0 Å². The highest BCUT2D eigenvalue weighted by Crippen LogP contribution is 2.28. The van der Waals surface area contributed by atoms with E-state index in [2.05, 4.69) is 31.4 Å². The molecule has 0 spiro atoms. The van der Waals surface area contributed by atoms with E-state index in [0.717, 1.165) is 11.8 Å². The van der Waals surface area contributed by atoms with Crippen molar-refractivity contribution in [1.29, 1.82) is 0 Å². The van der Waals surface area contributed by atoms with E-state index in [1.54, 1.807) is 30.8 Å². The number of aromatic nitrogens is 5. The number of aryl methyl sites for hydroxylation is 1. The van der Waals surface area contributed by atoms with Gasteiger partial charge in [0.25, 0.3) is 0 Å². The lowest BCUT2D eigenvalue weighted by molar-refractivity contribution is 0.301. The summed E-state index contributed by atoms with van der Waals surface area (Å²) in [6.45, 7) is 2.03. The molecule has 3 aromatic rings. The Hall–Kier alpha value is -3.73. The quantitative estimate of drug-likeness (QED) is 0.718. The Kier molecular flexibility index (Phi) is 4.05. The van der Waals surface area contributed by atoms with Crippen molar-refractivity contribution in [3.05, 3.63) is 64.9 Å². The molecule has 3 aromatic heterocycles. The number of hydrogen-bond donors (Lipinski definition) is 1. The van der Waals surface area contributed by atoms with Gasteiger partial charge in [0.05, 0.1) is 25.5 Å². The molecular weight excluding hydrogens is 349 g/mol. The first-order valence-electron chi connectivity index (χ1n) is 8.06. The molecule has 0 aliphatic heterocycles. The molecular formula is C19H14FN5O2. The third kappa shape index (κ3) is 3.00. The Labute approximate surface area is 153 Å². The molecule has 0 saturated heterocycles. The van der Waals surface area contributed by atoms with Crippen molar-refractivity contribution < 1.29 is 14.2 Å². The summed E-state index contributed by atoms with van der Waals surface area (Å²) in [6.07, 6.45) is 6.06. The maximum atomic E-state index is 13.7. The van der Waals surface area contributed by atoms with Crippen LogP contribution in [0.1, 0.15) is 5.69 Å². The van der Waals surface area contributed by atoms with Gasteiger partial charge >= 0.3 is 6.01 Å². The van der Waals surface area contributed by atoms with Gasteiger partial charge < -0.3 is 14.4 Å². The summed E-state index contributed by atoms with van der Waals surface area (Å²) in [5, 5.41) is 9.85. The summed E-state index contributed by atoms with van der Waals surface area (Å²) in [6, 6.07) is 0.986. The maximum Gasteiger partial charge on any atom is 0.316 e. The third-order valence-corrected chi connectivity index (χ3v) is 4.12. The minimum absolute atomic E-state index is 0.312. The zero-order valence-corrected chi connectivity index (χ0v) is 14.6. The summed E-state index contributed by atoms with van der Waals surface area (Å²) in [7, 11) is 1.56. The first kappa shape index (κ1) is 16.7. The number of fused-ring (bicyclic) bond motifs is 1. The number of allylic oxidation sites excluding steroid dienone is 3. The molecule has 134 valence electrons. The highest BCUT2D eigenvalue weighted by molar-refractivity contribution is 5.79. The number of pyridine rings is 1. The molecule has 0 bridgehead atoms. The molecule has 0 atom stereocenters. The largest absolute Gasteiger partial charge is 0.496 e. The van der Waals surface area contributed by atoms with Gasteiger partial charge in [-0.05, 0) is 19.1 Å². The van der Waals surface area contributed by atoms with E-state index in [1.165, 1.54) is 12.3 Å². The second-order valence-electron chi connectivity index (χ2n) is 5.87. The average molecular weight is 363 g/mol. The zero-order chi connectivity index (χ0) is 19.0. The van der Waals surface area contributed by atoms with Crippen LogP contribution >= 0.6 is 0 Å². The van der Waals surface area contributed by atoms with Gasteiger partial charge in [0.1, 0.15) is 22.9 Å². The van der Waals surface area contributed by atoms with Gasteiger partial charge in [-0.1, -0.05) is 11.5 Å². The van der Waals surface area contributed by atoms with Gasteiger partial charge in [-0.15, -0.1) is 0 Å². The molecule has 0 radical (unpaired) electrons. The van der Waals surface area contributed by atoms with Gasteiger partial charge in [0, 0.05) is 23.4 Å². The molecule has 0 unspecified atom stereocenters. The van der Waals surface area contributed by atoms with E-state index >= 15 is 0 Å². The van der Waals surface area contributed by atoms with Crippen molar-refractivity contribution in [1.82, 2.24) is 24.5 Å². The molecule has 0 amide bonds. The lowest BCUT2D eigenvalue weighted by Gasteiger charge is -2.12. The summed E-state index contributed by atoms with van der Waals surface area (Å²) >= 11 is 0. The first-order valence-corrected chi connectivity index (χ1v) is 8.06. The fourth-order valence-electron chi connectivity index (χ4n) is 2.91. The van der Waals surface area contributed by atoms with E-state index in [-0.39, 0.29) is 6.01 Å². The van der Waals surface area contributed by atoms with Crippen LogP contribution in [0, 0.1) is 12.7 Å². The summed E-state index contributed by atoms with van der Waals surface area (Å²) < 4.78 is 20.9. The number of nitrogens with zero attached hydrogens (tertiary/aromatic N) is 5. The normalized spacial score (nSPS) is 13.0. The number of halogens is 1. The number of aromatic hydroxyl groups is 1. The summed E-state index contributed by atoms with van der Waals surface area (Å²) in [5.41, 5.74) is 8.47. The SMILES string of the molecule is COC1=C(Cn2c(-c3cncc(F)c3)nc3c(C)nc(O)nc32)C=C=C=C1. The van der Waals surface area contributed by atoms with E-state index in [0.29, 0.717) is 40.5 Å². The van der Waals surface area contributed by atoms with Crippen LogP contribution in [-0.4, -0.2) is 36.7 Å². The summed E-state index contributed by atoms with van der Waals surface area (Å²) in [4.78, 5) is 16.6.